The van der Waals surface area contributed by atoms with Crippen molar-refractivity contribution in [2.45, 2.75) is 13.8 Å². The van der Waals surface area contributed by atoms with Gasteiger partial charge in [-0.05, 0) is 55.3 Å². The van der Waals surface area contributed by atoms with Gasteiger partial charge >= 0.3 is 0 Å². The number of hydrogen-bond donors (Lipinski definition) is 1. The van der Waals surface area contributed by atoms with E-state index in [1.807, 2.05) is 49.4 Å². The lowest BCUT2D eigenvalue weighted by atomic mass is 10.0. The van der Waals surface area contributed by atoms with Crippen LogP contribution in [0.1, 0.15) is 21.6 Å². The SMILES string of the molecule is Cc1ccc(-c2cc(C(=O)Nc3ccc(Br)cc3)no2)cc1C. The summed E-state index contributed by atoms with van der Waals surface area (Å²) in [5.74, 6) is 0.278. The minimum Gasteiger partial charge on any atom is -0.355 e. The van der Waals surface area contributed by atoms with Crippen molar-refractivity contribution in [1.82, 2.24) is 5.16 Å². The normalized spacial score (nSPS) is 10.6. The van der Waals surface area contributed by atoms with Gasteiger partial charge in [-0.25, -0.2) is 0 Å². The molecular formula is C18H15BrN2O2. The molecule has 3 rings (SSSR count). The Labute approximate surface area is 142 Å². The zero-order chi connectivity index (χ0) is 16.4. The molecule has 3 aromatic rings. The lowest BCUT2D eigenvalue weighted by molar-refractivity contribution is 0.101. The Morgan fingerprint density at radius 1 is 1.04 bits per heavy atom. The number of rotatable bonds is 3. The molecule has 0 aliphatic heterocycles. The second-order valence-electron chi connectivity index (χ2n) is 5.34. The first-order chi connectivity index (χ1) is 11.0. The predicted molar refractivity (Wildman–Crippen MR) is 93.5 cm³/mol. The smallest absolute Gasteiger partial charge is 0.277 e. The maximum Gasteiger partial charge on any atom is 0.277 e. The number of hydrogen-bond acceptors (Lipinski definition) is 3. The average Bonchev–Trinajstić information content (AvgIpc) is 3.02. The fourth-order valence-electron chi connectivity index (χ4n) is 2.14. The summed E-state index contributed by atoms with van der Waals surface area (Å²) in [7, 11) is 0. The first-order valence-corrected chi connectivity index (χ1v) is 7.93. The summed E-state index contributed by atoms with van der Waals surface area (Å²) in [6, 6.07) is 15.0. The van der Waals surface area contributed by atoms with Crippen molar-refractivity contribution in [3.8, 4) is 11.3 Å². The molecule has 0 aliphatic carbocycles. The van der Waals surface area contributed by atoms with E-state index >= 15 is 0 Å². The number of aromatic nitrogens is 1. The Morgan fingerprint density at radius 2 is 1.78 bits per heavy atom. The number of nitrogens with one attached hydrogen (secondary N) is 1. The molecular weight excluding hydrogens is 356 g/mol. The quantitative estimate of drug-likeness (QED) is 0.707. The zero-order valence-electron chi connectivity index (χ0n) is 12.8. The molecule has 0 aliphatic rings. The van der Waals surface area contributed by atoms with Crippen molar-refractivity contribution in [2.24, 2.45) is 0 Å². The van der Waals surface area contributed by atoms with Crippen LogP contribution < -0.4 is 5.32 Å². The van der Waals surface area contributed by atoms with Crippen LogP contribution in [0.5, 0.6) is 0 Å². The molecule has 5 heteroatoms. The van der Waals surface area contributed by atoms with Crippen LogP contribution in [0.15, 0.2) is 57.5 Å². The molecule has 23 heavy (non-hydrogen) atoms. The van der Waals surface area contributed by atoms with Crippen LogP contribution in [-0.4, -0.2) is 11.1 Å². The Kier molecular flexibility index (Phi) is 4.30. The fraction of sp³-hybridized carbons (Fsp3) is 0.111. The van der Waals surface area contributed by atoms with Crippen LogP contribution in [0, 0.1) is 13.8 Å². The lowest BCUT2D eigenvalue weighted by Crippen LogP contribution is -2.11. The number of carbonyl (C=O) groups excluding carboxylic acids is 1. The molecule has 0 spiro atoms. The maximum atomic E-state index is 12.2. The van der Waals surface area contributed by atoms with Gasteiger partial charge in [0.1, 0.15) is 0 Å². The van der Waals surface area contributed by atoms with E-state index in [2.05, 4.69) is 33.3 Å². The van der Waals surface area contributed by atoms with Crippen LogP contribution in [0.3, 0.4) is 0 Å². The van der Waals surface area contributed by atoms with E-state index in [1.165, 1.54) is 11.1 Å². The van der Waals surface area contributed by atoms with Crippen molar-refractivity contribution in [1.29, 1.82) is 0 Å². The van der Waals surface area contributed by atoms with E-state index in [4.69, 9.17) is 4.52 Å². The van der Waals surface area contributed by atoms with Gasteiger partial charge in [0.2, 0.25) is 0 Å². The van der Waals surface area contributed by atoms with Gasteiger partial charge in [0.25, 0.3) is 5.91 Å². The van der Waals surface area contributed by atoms with Crippen LogP contribution in [-0.2, 0) is 0 Å². The van der Waals surface area contributed by atoms with Crippen molar-refractivity contribution < 1.29 is 9.32 Å². The first kappa shape index (κ1) is 15.5. The van der Waals surface area contributed by atoms with Gasteiger partial charge in [-0.15, -0.1) is 0 Å². The Morgan fingerprint density at radius 3 is 2.48 bits per heavy atom. The number of benzene rings is 2. The summed E-state index contributed by atoms with van der Waals surface area (Å²) < 4.78 is 6.26. The summed E-state index contributed by atoms with van der Waals surface area (Å²) in [4.78, 5) is 12.2. The minimum atomic E-state index is -0.300. The molecule has 2 aromatic carbocycles. The van der Waals surface area contributed by atoms with E-state index < -0.39 is 0 Å². The molecule has 0 radical (unpaired) electrons. The summed E-state index contributed by atoms with van der Waals surface area (Å²) >= 11 is 3.36. The van der Waals surface area contributed by atoms with E-state index in [0.717, 1.165) is 10.0 Å². The molecule has 0 fully saturated rings. The first-order valence-electron chi connectivity index (χ1n) is 7.14. The Hall–Kier alpha value is -2.40. The van der Waals surface area contributed by atoms with Crippen molar-refractivity contribution in [2.75, 3.05) is 5.32 Å². The summed E-state index contributed by atoms with van der Waals surface area (Å²) in [5, 5.41) is 6.65. The molecule has 1 aromatic heterocycles. The molecule has 0 atom stereocenters. The zero-order valence-corrected chi connectivity index (χ0v) is 14.3. The van der Waals surface area contributed by atoms with Gasteiger partial charge in [0.05, 0.1) is 0 Å². The van der Waals surface area contributed by atoms with E-state index in [1.54, 1.807) is 6.07 Å². The predicted octanol–water partition coefficient (Wildman–Crippen LogP) is 4.97. The molecule has 0 unspecified atom stereocenters. The van der Waals surface area contributed by atoms with Crippen LogP contribution >= 0.6 is 15.9 Å². The van der Waals surface area contributed by atoms with Crippen LogP contribution in [0.4, 0.5) is 5.69 Å². The number of carbonyl (C=O) groups is 1. The van der Waals surface area contributed by atoms with Crippen molar-refractivity contribution in [3.05, 3.63) is 69.8 Å². The second kappa shape index (κ2) is 6.38. The van der Waals surface area contributed by atoms with Crippen LogP contribution in [0.25, 0.3) is 11.3 Å². The topological polar surface area (TPSA) is 55.1 Å². The van der Waals surface area contributed by atoms with Gasteiger partial charge in [0, 0.05) is 21.8 Å². The third kappa shape index (κ3) is 3.51. The largest absolute Gasteiger partial charge is 0.355 e. The van der Waals surface area contributed by atoms with Gasteiger partial charge < -0.3 is 9.84 Å². The maximum absolute atomic E-state index is 12.2. The van der Waals surface area contributed by atoms with Crippen LogP contribution in [0.2, 0.25) is 0 Å². The highest BCUT2D eigenvalue weighted by Gasteiger charge is 2.14. The highest BCUT2D eigenvalue weighted by atomic mass is 79.9. The van der Waals surface area contributed by atoms with E-state index in [9.17, 15) is 4.79 Å². The lowest BCUT2D eigenvalue weighted by Gasteiger charge is -2.02. The third-order valence-corrected chi connectivity index (χ3v) is 4.16. The molecule has 1 heterocycles. The Bertz CT molecular complexity index is 854. The van der Waals surface area contributed by atoms with E-state index in [-0.39, 0.29) is 11.6 Å². The average molecular weight is 371 g/mol. The molecule has 0 bridgehead atoms. The molecule has 0 saturated heterocycles. The van der Waals surface area contributed by atoms with Gasteiger partial charge in [-0.1, -0.05) is 33.2 Å². The molecule has 1 N–H and O–H groups in total. The van der Waals surface area contributed by atoms with E-state index in [0.29, 0.717) is 11.4 Å². The number of nitrogens with zero attached hydrogens (tertiary/aromatic N) is 1. The number of aryl methyl sites for hydroxylation is 2. The molecule has 0 saturated carbocycles. The minimum absolute atomic E-state index is 0.251. The number of anilines is 1. The van der Waals surface area contributed by atoms with Gasteiger partial charge in [-0.2, -0.15) is 0 Å². The number of amides is 1. The van der Waals surface area contributed by atoms with Crippen molar-refractivity contribution in [3.63, 3.8) is 0 Å². The summed E-state index contributed by atoms with van der Waals surface area (Å²) in [5.41, 5.74) is 4.24. The standard InChI is InChI=1S/C18H15BrN2O2/c1-11-3-4-13(9-12(11)2)17-10-16(21-23-17)18(22)20-15-7-5-14(19)6-8-15/h3-10H,1-2H3,(H,20,22). The highest BCUT2D eigenvalue weighted by molar-refractivity contribution is 9.10. The monoisotopic (exact) mass is 370 g/mol. The number of halogens is 1. The highest BCUT2D eigenvalue weighted by Crippen LogP contribution is 2.23. The molecule has 116 valence electrons. The third-order valence-electron chi connectivity index (χ3n) is 3.64. The fourth-order valence-corrected chi connectivity index (χ4v) is 2.41. The van der Waals surface area contributed by atoms with Gasteiger partial charge in [-0.3, -0.25) is 4.79 Å². The summed E-state index contributed by atoms with van der Waals surface area (Å²) in [6.45, 7) is 4.09. The molecule has 1 amide bonds. The summed E-state index contributed by atoms with van der Waals surface area (Å²) in [6.07, 6.45) is 0. The molecule has 4 nitrogen and oxygen atoms in total. The van der Waals surface area contributed by atoms with Gasteiger partial charge in [0.15, 0.2) is 11.5 Å². The Balaban J connectivity index is 1.79. The van der Waals surface area contributed by atoms with Crippen molar-refractivity contribution >= 4 is 27.5 Å². The second-order valence-corrected chi connectivity index (χ2v) is 6.25.